The highest BCUT2D eigenvalue weighted by atomic mass is 35.5. The summed E-state index contributed by atoms with van der Waals surface area (Å²) in [5.74, 6) is -1.98. The highest BCUT2D eigenvalue weighted by molar-refractivity contribution is 6.34. The average molecular weight is 269 g/mol. The standard InChI is InChI=1S/C13H11ClF2N2/c1-7-3-2-4-10(11(7)14)18-13-9(17)6-5-8(15)12(13)16/h2-6,18H,17H2,1H3. The Balaban J connectivity index is 2.46. The molecule has 0 aliphatic carbocycles. The maximum absolute atomic E-state index is 13.6. The number of benzene rings is 2. The number of nitrogens with one attached hydrogen (secondary N) is 1. The van der Waals surface area contributed by atoms with Crippen molar-refractivity contribution < 1.29 is 8.78 Å². The lowest BCUT2D eigenvalue weighted by molar-refractivity contribution is 0.512. The van der Waals surface area contributed by atoms with Crippen molar-refractivity contribution in [3.63, 3.8) is 0 Å². The number of hydrogen-bond acceptors (Lipinski definition) is 2. The zero-order chi connectivity index (χ0) is 13.3. The molecule has 0 aromatic heterocycles. The summed E-state index contributed by atoms with van der Waals surface area (Å²) in [5.41, 5.74) is 6.93. The van der Waals surface area contributed by atoms with Gasteiger partial charge in [-0.2, -0.15) is 0 Å². The van der Waals surface area contributed by atoms with Crippen molar-refractivity contribution in [1.82, 2.24) is 0 Å². The van der Waals surface area contributed by atoms with E-state index in [1.54, 1.807) is 12.1 Å². The van der Waals surface area contributed by atoms with E-state index in [9.17, 15) is 8.78 Å². The largest absolute Gasteiger partial charge is 0.397 e. The van der Waals surface area contributed by atoms with Crippen molar-refractivity contribution in [1.29, 1.82) is 0 Å². The first-order valence-electron chi connectivity index (χ1n) is 5.26. The molecule has 94 valence electrons. The van der Waals surface area contributed by atoms with Gasteiger partial charge >= 0.3 is 0 Å². The van der Waals surface area contributed by atoms with Gasteiger partial charge in [-0.15, -0.1) is 0 Å². The molecule has 2 nitrogen and oxygen atoms in total. The van der Waals surface area contributed by atoms with Crippen molar-refractivity contribution >= 4 is 28.7 Å². The molecule has 0 bridgehead atoms. The topological polar surface area (TPSA) is 38.0 Å². The number of hydrogen-bond donors (Lipinski definition) is 2. The van der Waals surface area contributed by atoms with E-state index in [0.29, 0.717) is 10.7 Å². The van der Waals surface area contributed by atoms with Crippen LogP contribution in [0.15, 0.2) is 30.3 Å². The number of halogens is 3. The first-order valence-corrected chi connectivity index (χ1v) is 5.64. The van der Waals surface area contributed by atoms with Crippen LogP contribution in [-0.2, 0) is 0 Å². The van der Waals surface area contributed by atoms with Gasteiger partial charge in [-0.25, -0.2) is 8.78 Å². The van der Waals surface area contributed by atoms with E-state index < -0.39 is 11.6 Å². The second-order valence-electron chi connectivity index (χ2n) is 3.89. The highest BCUT2D eigenvalue weighted by Crippen LogP contribution is 2.32. The molecule has 0 heterocycles. The molecule has 3 N–H and O–H groups in total. The molecule has 2 aromatic rings. The molecule has 0 aliphatic rings. The molecule has 0 atom stereocenters. The molecule has 0 amide bonds. The van der Waals surface area contributed by atoms with Crippen molar-refractivity contribution in [2.75, 3.05) is 11.1 Å². The van der Waals surface area contributed by atoms with E-state index in [4.69, 9.17) is 17.3 Å². The lowest BCUT2D eigenvalue weighted by Gasteiger charge is -2.13. The van der Waals surface area contributed by atoms with Crippen molar-refractivity contribution in [3.8, 4) is 0 Å². The quantitative estimate of drug-likeness (QED) is 0.799. The summed E-state index contributed by atoms with van der Waals surface area (Å²) in [7, 11) is 0. The van der Waals surface area contributed by atoms with Crippen molar-refractivity contribution in [2.24, 2.45) is 0 Å². The van der Waals surface area contributed by atoms with Crippen LogP contribution in [0.25, 0.3) is 0 Å². The molecular formula is C13H11ClF2N2. The minimum atomic E-state index is -1.02. The van der Waals surface area contributed by atoms with Gasteiger partial charge in [0.2, 0.25) is 0 Å². The number of nitrogen functional groups attached to an aromatic ring is 1. The maximum atomic E-state index is 13.6. The second kappa shape index (κ2) is 4.82. The fourth-order valence-electron chi connectivity index (χ4n) is 1.57. The number of aryl methyl sites for hydroxylation is 1. The first kappa shape index (κ1) is 12.6. The van der Waals surface area contributed by atoms with Crippen LogP contribution >= 0.6 is 11.6 Å². The van der Waals surface area contributed by atoms with Gasteiger partial charge in [0, 0.05) is 0 Å². The van der Waals surface area contributed by atoms with Crippen LogP contribution in [0.3, 0.4) is 0 Å². The van der Waals surface area contributed by atoms with Gasteiger partial charge in [0.15, 0.2) is 11.6 Å². The monoisotopic (exact) mass is 268 g/mol. The van der Waals surface area contributed by atoms with Gasteiger partial charge in [0.25, 0.3) is 0 Å². The molecule has 0 aliphatic heterocycles. The SMILES string of the molecule is Cc1cccc(Nc2c(N)ccc(F)c2F)c1Cl. The van der Waals surface area contributed by atoms with E-state index in [0.717, 1.165) is 11.6 Å². The maximum Gasteiger partial charge on any atom is 0.184 e. The molecule has 18 heavy (non-hydrogen) atoms. The molecule has 0 radical (unpaired) electrons. The normalized spacial score (nSPS) is 10.4. The van der Waals surface area contributed by atoms with Crippen LogP contribution in [0.4, 0.5) is 25.8 Å². The summed E-state index contributed by atoms with van der Waals surface area (Å²) in [6.45, 7) is 1.82. The fraction of sp³-hybridized carbons (Fsp3) is 0.0769. The van der Waals surface area contributed by atoms with E-state index in [1.807, 2.05) is 13.0 Å². The third kappa shape index (κ3) is 2.24. The third-order valence-corrected chi connectivity index (χ3v) is 3.08. The van der Waals surface area contributed by atoms with Crippen LogP contribution in [0.5, 0.6) is 0 Å². The van der Waals surface area contributed by atoms with E-state index in [2.05, 4.69) is 5.32 Å². The second-order valence-corrected chi connectivity index (χ2v) is 4.27. The minimum Gasteiger partial charge on any atom is -0.397 e. The smallest absolute Gasteiger partial charge is 0.184 e. The first-order chi connectivity index (χ1) is 8.50. The fourth-order valence-corrected chi connectivity index (χ4v) is 1.74. The Labute approximate surface area is 108 Å². The van der Waals surface area contributed by atoms with Gasteiger partial charge in [-0.1, -0.05) is 23.7 Å². The molecule has 5 heteroatoms. The lowest BCUT2D eigenvalue weighted by Crippen LogP contribution is -2.02. The van der Waals surface area contributed by atoms with Crippen LogP contribution < -0.4 is 11.1 Å². The number of nitrogens with two attached hydrogens (primary N) is 1. The van der Waals surface area contributed by atoms with E-state index >= 15 is 0 Å². The van der Waals surface area contributed by atoms with Crippen molar-refractivity contribution in [2.45, 2.75) is 6.92 Å². The molecule has 0 fully saturated rings. The van der Waals surface area contributed by atoms with E-state index in [-0.39, 0.29) is 11.4 Å². The van der Waals surface area contributed by atoms with Crippen LogP contribution in [-0.4, -0.2) is 0 Å². The summed E-state index contributed by atoms with van der Waals surface area (Å²) in [5, 5.41) is 3.16. The summed E-state index contributed by atoms with van der Waals surface area (Å²) < 4.78 is 26.8. The summed E-state index contributed by atoms with van der Waals surface area (Å²) >= 11 is 6.07. The lowest BCUT2D eigenvalue weighted by atomic mass is 10.2. The molecule has 2 rings (SSSR count). The molecule has 2 aromatic carbocycles. The molecular weight excluding hydrogens is 258 g/mol. The van der Waals surface area contributed by atoms with E-state index in [1.165, 1.54) is 6.07 Å². The Morgan fingerprint density at radius 1 is 1.17 bits per heavy atom. The average Bonchev–Trinajstić information content (AvgIpc) is 2.35. The summed E-state index contributed by atoms with van der Waals surface area (Å²) in [6.07, 6.45) is 0. The number of rotatable bonds is 2. The van der Waals surface area contributed by atoms with Gasteiger partial charge in [0.1, 0.15) is 5.69 Å². The summed E-state index contributed by atoms with van der Waals surface area (Å²) in [4.78, 5) is 0. The molecule has 0 spiro atoms. The zero-order valence-electron chi connectivity index (χ0n) is 9.60. The zero-order valence-corrected chi connectivity index (χ0v) is 10.4. The Bertz CT molecular complexity index is 600. The van der Waals surface area contributed by atoms with Gasteiger partial charge in [-0.3, -0.25) is 0 Å². The number of anilines is 3. The Morgan fingerprint density at radius 2 is 1.89 bits per heavy atom. The highest BCUT2D eigenvalue weighted by Gasteiger charge is 2.13. The predicted octanol–water partition coefficient (Wildman–Crippen LogP) is 4.25. The van der Waals surface area contributed by atoms with Gasteiger partial charge in [0.05, 0.1) is 16.4 Å². The van der Waals surface area contributed by atoms with Crippen LogP contribution in [0, 0.1) is 18.6 Å². The molecule has 0 saturated carbocycles. The Hall–Kier alpha value is -1.81. The third-order valence-electron chi connectivity index (χ3n) is 2.58. The van der Waals surface area contributed by atoms with Crippen LogP contribution in [0.1, 0.15) is 5.56 Å². The van der Waals surface area contributed by atoms with Gasteiger partial charge < -0.3 is 11.1 Å². The summed E-state index contributed by atoms with van der Waals surface area (Å²) in [6, 6.07) is 7.52. The predicted molar refractivity (Wildman–Crippen MR) is 70.2 cm³/mol. The van der Waals surface area contributed by atoms with Gasteiger partial charge in [-0.05, 0) is 30.7 Å². The van der Waals surface area contributed by atoms with Crippen LogP contribution in [0.2, 0.25) is 5.02 Å². The Morgan fingerprint density at radius 3 is 2.61 bits per heavy atom. The van der Waals surface area contributed by atoms with Crippen molar-refractivity contribution in [3.05, 3.63) is 52.6 Å². The molecule has 0 saturated heterocycles. The molecule has 0 unspecified atom stereocenters. The minimum absolute atomic E-state index is 0.109. The Kier molecular flexibility index (Phi) is 3.39.